The number of nitroso groups, excluding NO2 is 1. The van der Waals surface area contributed by atoms with Gasteiger partial charge in [-0.15, -0.1) is 5.92 Å². The number of hydrogen-bond acceptors (Lipinski definition) is 6. The minimum atomic E-state index is -0.843. The van der Waals surface area contributed by atoms with E-state index in [-0.39, 0.29) is 29.8 Å². The lowest BCUT2D eigenvalue weighted by Crippen LogP contribution is -2.52. The highest BCUT2D eigenvalue weighted by molar-refractivity contribution is 5.91. The molecule has 2 saturated carbocycles. The largest absolute Gasteiger partial charge is 0.458 e. The van der Waals surface area contributed by atoms with Gasteiger partial charge in [0.15, 0.2) is 12.4 Å². The van der Waals surface area contributed by atoms with Gasteiger partial charge >= 0.3 is 5.97 Å². The SMILES string of the molecule is CC#C[C@]1(C(=O)COC(C)=O)CC[C@H]2[C@@H]3CC(C)C4=CC(N=O)CCC4=C3C(c3ccc(N4CCCC4)cc3)C[C@@]21C. The maximum atomic E-state index is 14.0. The zero-order chi connectivity index (χ0) is 29.6. The summed E-state index contributed by atoms with van der Waals surface area (Å²) in [5.41, 5.74) is 5.68. The zero-order valence-corrected chi connectivity index (χ0v) is 25.6. The summed E-state index contributed by atoms with van der Waals surface area (Å²) in [6, 6.07) is 8.95. The fourth-order valence-corrected chi connectivity index (χ4v) is 9.62. The standard InChI is InChI=1S/C36H44N2O4/c1-5-15-36(33(40)22-42-24(3)39)16-14-32-30-19-23(2)29-20-26(37-41)10-13-28(29)34(30)31(21-35(32,36)4)25-8-11-27(12-9-25)38-17-6-7-18-38/h8-9,11-12,20,23,26,30-32H,6-7,10,13-14,16-19,21-22H2,1-4H3/t23?,26?,30-,31?,32-,35-,36+/m0/s1. The van der Waals surface area contributed by atoms with E-state index >= 15 is 0 Å². The third-order valence-electron chi connectivity index (χ3n) is 11.5. The van der Waals surface area contributed by atoms with E-state index in [0.717, 1.165) is 45.2 Å². The van der Waals surface area contributed by atoms with E-state index in [1.54, 1.807) is 0 Å². The van der Waals surface area contributed by atoms with E-state index in [9.17, 15) is 14.5 Å². The second-order valence-corrected chi connectivity index (χ2v) is 13.6. The molecule has 6 rings (SSSR count). The number of ketones is 1. The fraction of sp³-hybridized carbons (Fsp3) is 0.611. The molecule has 42 heavy (non-hydrogen) atoms. The van der Waals surface area contributed by atoms with Crippen molar-refractivity contribution in [2.45, 2.75) is 91.0 Å². The Labute approximate surface area is 250 Å². The first-order valence-corrected chi connectivity index (χ1v) is 16.0. The molecule has 0 amide bonds. The summed E-state index contributed by atoms with van der Waals surface area (Å²) in [6.45, 7) is 9.78. The van der Waals surface area contributed by atoms with Gasteiger partial charge in [0.1, 0.15) is 6.04 Å². The van der Waals surface area contributed by atoms with Crippen LogP contribution in [0.25, 0.3) is 0 Å². The summed E-state index contributed by atoms with van der Waals surface area (Å²) in [5.74, 6) is 7.24. The third-order valence-corrected chi connectivity index (χ3v) is 11.5. The van der Waals surface area contributed by atoms with Crippen molar-refractivity contribution in [3.05, 3.63) is 57.5 Å². The molecule has 6 nitrogen and oxygen atoms in total. The van der Waals surface area contributed by atoms with Gasteiger partial charge in [-0.2, -0.15) is 4.91 Å². The number of benzene rings is 1. The molecule has 1 aliphatic heterocycles. The number of anilines is 1. The monoisotopic (exact) mass is 568 g/mol. The van der Waals surface area contributed by atoms with Crippen LogP contribution in [-0.4, -0.2) is 37.5 Å². The van der Waals surface area contributed by atoms with Gasteiger partial charge in [0.25, 0.3) is 0 Å². The summed E-state index contributed by atoms with van der Waals surface area (Å²) in [5, 5.41) is 3.41. The molecule has 3 unspecified atom stereocenters. The van der Waals surface area contributed by atoms with Crippen molar-refractivity contribution < 1.29 is 14.3 Å². The minimum absolute atomic E-state index is 0.0571. The van der Waals surface area contributed by atoms with Crippen molar-refractivity contribution in [2.75, 3.05) is 24.6 Å². The van der Waals surface area contributed by atoms with Gasteiger partial charge in [-0.05, 0) is 110 Å². The summed E-state index contributed by atoms with van der Waals surface area (Å²) >= 11 is 0. The van der Waals surface area contributed by atoms with E-state index in [1.807, 2.05) is 6.92 Å². The van der Waals surface area contributed by atoms with Crippen molar-refractivity contribution in [3.63, 3.8) is 0 Å². The van der Waals surface area contributed by atoms with Crippen molar-refractivity contribution in [1.29, 1.82) is 0 Å². The fourth-order valence-electron chi connectivity index (χ4n) is 9.62. The molecule has 1 saturated heterocycles. The number of hydrogen-bond donors (Lipinski definition) is 0. The maximum absolute atomic E-state index is 14.0. The van der Waals surface area contributed by atoms with Crippen LogP contribution >= 0.6 is 0 Å². The van der Waals surface area contributed by atoms with Gasteiger partial charge in [0.2, 0.25) is 0 Å². The molecule has 222 valence electrons. The van der Waals surface area contributed by atoms with Crippen molar-refractivity contribution in [3.8, 4) is 11.8 Å². The average Bonchev–Trinajstić information content (AvgIpc) is 3.63. The first-order valence-electron chi connectivity index (χ1n) is 16.0. The third kappa shape index (κ3) is 4.55. The zero-order valence-electron chi connectivity index (χ0n) is 25.6. The van der Waals surface area contributed by atoms with Crippen LogP contribution in [0.5, 0.6) is 0 Å². The van der Waals surface area contributed by atoms with Crippen molar-refractivity contribution in [1.82, 2.24) is 0 Å². The van der Waals surface area contributed by atoms with Crippen molar-refractivity contribution >= 4 is 17.4 Å². The van der Waals surface area contributed by atoms with Gasteiger partial charge < -0.3 is 9.64 Å². The summed E-state index contributed by atoms with van der Waals surface area (Å²) in [4.78, 5) is 39.7. The van der Waals surface area contributed by atoms with Crippen LogP contribution in [0, 0.1) is 45.3 Å². The maximum Gasteiger partial charge on any atom is 0.303 e. The van der Waals surface area contributed by atoms with Crippen LogP contribution in [0.3, 0.4) is 0 Å². The quantitative estimate of drug-likeness (QED) is 0.207. The molecule has 0 bridgehead atoms. The van der Waals surface area contributed by atoms with E-state index in [4.69, 9.17) is 4.74 Å². The molecule has 0 aromatic heterocycles. The molecule has 3 fully saturated rings. The lowest BCUT2D eigenvalue weighted by molar-refractivity contribution is -0.150. The molecule has 1 heterocycles. The number of fused-ring (bicyclic) bond motifs is 4. The Bertz CT molecular complexity index is 1390. The molecule has 4 aliphatic carbocycles. The number of nitrogens with zero attached hydrogens (tertiary/aromatic N) is 2. The molecular weight excluding hydrogens is 524 g/mol. The number of carbonyl (C=O) groups excluding carboxylic acids is 2. The molecule has 5 aliphatic rings. The highest BCUT2D eigenvalue weighted by Gasteiger charge is 2.65. The Balaban J connectivity index is 1.48. The number of Topliss-reactive ketones (excluding diaryl/α,β-unsaturated/α-hetero) is 1. The van der Waals surface area contributed by atoms with E-state index < -0.39 is 11.4 Å². The summed E-state index contributed by atoms with van der Waals surface area (Å²) in [6.07, 6.45) is 9.75. The van der Waals surface area contributed by atoms with E-state index in [1.165, 1.54) is 47.7 Å². The number of rotatable bonds is 6. The van der Waals surface area contributed by atoms with Crippen LogP contribution in [0.1, 0.15) is 90.5 Å². The highest BCUT2D eigenvalue weighted by atomic mass is 16.5. The average molecular weight is 569 g/mol. The first-order chi connectivity index (χ1) is 20.2. The second kappa shape index (κ2) is 11.1. The van der Waals surface area contributed by atoms with Gasteiger partial charge in [0.05, 0.1) is 5.41 Å². The van der Waals surface area contributed by atoms with Crippen LogP contribution in [-0.2, 0) is 14.3 Å². The van der Waals surface area contributed by atoms with Crippen LogP contribution in [0.2, 0.25) is 0 Å². The Morgan fingerprint density at radius 2 is 1.88 bits per heavy atom. The molecule has 1 aromatic rings. The van der Waals surface area contributed by atoms with Gasteiger partial charge in [-0.25, -0.2) is 0 Å². The number of esters is 1. The molecule has 0 radical (unpaired) electrons. The molecule has 7 atom stereocenters. The minimum Gasteiger partial charge on any atom is -0.458 e. The van der Waals surface area contributed by atoms with E-state index in [0.29, 0.717) is 24.2 Å². The van der Waals surface area contributed by atoms with E-state index in [2.05, 4.69) is 66.1 Å². The lowest BCUT2D eigenvalue weighted by atomic mass is 9.47. The Kier molecular flexibility index (Phi) is 7.66. The van der Waals surface area contributed by atoms with Crippen molar-refractivity contribution in [2.24, 2.45) is 33.8 Å². The number of allylic oxidation sites excluding steroid dienone is 3. The Hall–Kier alpha value is -3.20. The Morgan fingerprint density at radius 1 is 1.14 bits per heavy atom. The van der Waals surface area contributed by atoms with Gasteiger partial charge in [-0.3, -0.25) is 9.59 Å². The molecular formula is C36H44N2O4. The molecule has 0 spiro atoms. The predicted octanol–water partition coefficient (Wildman–Crippen LogP) is 7.14. The number of ether oxygens (including phenoxy) is 1. The second-order valence-electron chi connectivity index (χ2n) is 13.6. The smallest absolute Gasteiger partial charge is 0.303 e. The topological polar surface area (TPSA) is 76.0 Å². The summed E-state index contributed by atoms with van der Waals surface area (Å²) < 4.78 is 5.29. The van der Waals surface area contributed by atoms with Crippen LogP contribution in [0.4, 0.5) is 5.69 Å². The predicted molar refractivity (Wildman–Crippen MR) is 165 cm³/mol. The highest BCUT2D eigenvalue weighted by Crippen LogP contribution is 2.70. The summed E-state index contributed by atoms with van der Waals surface area (Å²) in [7, 11) is 0. The van der Waals surface area contributed by atoms with Gasteiger partial charge in [-0.1, -0.05) is 48.7 Å². The van der Waals surface area contributed by atoms with Crippen LogP contribution in [0.15, 0.2) is 52.2 Å². The van der Waals surface area contributed by atoms with Gasteiger partial charge in [0, 0.05) is 31.6 Å². The molecule has 1 aromatic carbocycles. The normalized spacial score (nSPS) is 35.3. The lowest BCUT2D eigenvalue weighted by Gasteiger charge is -2.55. The molecule has 6 heteroatoms. The number of carbonyl (C=O) groups is 2. The van der Waals surface area contributed by atoms with Crippen LogP contribution < -0.4 is 4.90 Å². The molecule has 0 N–H and O–H groups in total. The Morgan fingerprint density at radius 3 is 2.55 bits per heavy atom. The first kappa shape index (κ1) is 28.9.